The maximum absolute atomic E-state index is 10.2. The zero-order valence-electron chi connectivity index (χ0n) is 16.4. The molecule has 152 valence electrons. The van der Waals surface area contributed by atoms with Crippen molar-refractivity contribution in [1.82, 2.24) is 9.97 Å². The fraction of sp³-hybridized carbons (Fsp3) is 0.136. The minimum Gasteiger partial charge on any atom is -0.504 e. The summed E-state index contributed by atoms with van der Waals surface area (Å²) in [6, 6.07) is 17.4. The predicted octanol–water partition coefficient (Wildman–Crippen LogP) is 3.88. The van der Waals surface area contributed by atoms with Crippen LogP contribution in [0.1, 0.15) is 11.1 Å². The van der Waals surface area contributed by atoms with E-state index in [9.17, 15) is 10.4 Å². The highest BCUT2D eigenvalue weighted by atomic mass is 16.6. The smallest absolute Gasteiger partial charge is 0.226 e. The molecule has 0 spiro atoms. The second-order valence-corrected chi connectivity index (χ2v) is 5.90. The van der Waals surface area contributed by atoms with Gasteiger partial charge in [0.15, 0.2) is 6.29 Å². The Kier molecular flexibility index (Phi) is 6.95. The van der Waals surface area contributed by atoms with Crippen molar-refractivity contribution in [3.8, 4) is 29.3 Å². The number of benzene rings is 2. The van der Waals surface area contributed by atoms with Gasteiger partial charge in [0.1, 0.15) is 23.9 Å². The first-order valence-corrected chi connectivity index (χ1v) is 8.86. The number of hydrogen-bond acceptors (Lipinski definition) is 8. The molecular weight excluding hydrogens is 386 g/mol. The van der Waals surface area contributed by atoms with Gasteiger partial charge in [0.25, 0.3) is 0 Å². The van der Waals surface area contributed by atoms with E-state index in [2.05, 4.69) is 16.0 Å². The third-order valence-corrected chi connectivity index (χ3v) is 3.99. The van der Waals surface area contributed by atoms with Crippen LogP contribution in [0.4, 0.5) is 0 Å². The van der Waals surface area contributed by atoms with Gasteiger partial charge in [-0.05, 0) is 18.2 Å². The van der Waals surface area contributed by atoms with Crippen LogP contribution < -0.4 is 9.47 Å². The second kappa shape index (κ2) is 10.0. The highest BCUT2D eigenvalue weighted by molar-refractivity contribution is 5.72. The maximum atomic E-state index is 10.2. The van der Waals surface area contributed by atoms with Crippen molar-refractivity contribution in [3.05, 3.63) is 78.3 Å². The summed E-state index contributed by atoms with van der Waals surface area (Å²) >= 11 is 0. The van der Waals surface area contributed by atoms with Gasteiger partial charge in [-0.15, -0.1) is 0 Å². The van der Waals surface area contributed by atoms with Crippen LogP contribution in [0.2, 0.25) is 0 Å². The van der Waals surface area contributed by atoms with E-state index in [-0.39, 0.29) is 11.8 Å². The standard InChI is InChI=1S/C22H19N3O5/c1-27-13-17(22(26)28-2)16-8-4-6-10-19(16)30-21-11-20(24-14-25-21)29-18-9-5-3-7-15(18)12-23/h3-11,13-14,22,26H,1-2H3. The minimum absolute atomic E-state index is 0.213. The average Bonchev–Trinajstić information content (AvgIpc) is 2.78. The zero-order chi connectivity index (χ0) is 21.3. The molecule has 0 aliphatic rings. The molecule has 8 heteroatoms. The topological polar surface area (TPSA) is 107 Å². The molecule has 0 amide bonds. The Balaban J connectivity index is 1.89. The quantitative estimate of drug-likeness (QED) is 0.444. The molecule has 3 aromatic rings. The van der Waals surface area contributed by atoms with Gasteiger partial charge in [0.2, 0.25) is 11.8 Å². The summed E-state index contributed by atoms with van der Waals surface area (Å²) in [6.07, 6.45) is 1.46. The Morgan fingerprint density at radius 1 is 1.00 bits per heavy atom. The van der Waals surface area contributed by atoms with Crippen LogP contribution in [-0.4, -0.2) is 35.6 Å². The largest absolute Gasteiger partial charge is 0.504 e. The highest BCUT2D eigenvalue weighted by Crippen LogP contribution is 2.33. The van der Waals surface area contributed by atoms with E-state index in [0.717, 1.165) is 0 Å². The van der Waals surface area contributed by atoms with Crippen molar-refractivity contribution in [3.63, 3.8) is 0 Å². The highest BCUT2D eigenvalue weighted by Gasteiger charge is 2.18. The molecule has 30 heavy (non-hydrogen) atoms. The van der Waals surface area contributed by atoms with Crippen molar-refractivity contribution in [2.45, 2.75) is 6.29 Å². The Labute approximate surface area is 173 Å². The lowest BCUT2D eigenvalue weighted by atomic mass is 10.1. The van der Waals surface area contributed by atoms with Gasteiger partial charge in [0.05, 0.1) is 30.6 Å². The van der Waals surface area contributed by atoms with Crippen LogP contribution in [0.25, 0.3) is 5.57 Å². The molecule has 0 saturated carbocycles. The van der Waals surface area contributed by atoms with Gasteiger partial charge in [-0.3, -0.25) is 0 Å². The number of aromatic nitrogens is 2. The number of ether oxygens (including phenoxy) is 4. The molecule has 1 heterocycles. The Morgan fingerprint density at radius 3 is 2.30 bits per heavy atom. The number of methoxy groups -OCH3 is 2. The number of rotatable bonds is 8. The van der Waals surface area contributed by atoms with E-state index in [1.165, 1.54) is 32.9 Å². The third-order valence-electron chi connectivity index (χ3n) is 3.99. The van der Waals surface area contributed by atoms with Gasteiger partial charge in [-0.25, -0.2) is 9.97 Å². The van der Waals surface area contributed by atoms with Gasteiger partial charge in [-0.1, -0.05) is 30.3 Å². The molecule has 0 fully saturated rings. The lowest BCUT2D eigenvalue weighted by Crippen LogP contribution is -2.12. The number of hydrogen-bond donors (Lipinski definition) is 1. The number of aliphatic hydroxyl groups excluding tert-OH is 1. The molecule has 0 aliphatic heterocycles. The number of nitrogens with zero attached hydrogens (tertiary/aromatic N) is 3. The number of aliphatic hydroxyl groups is 1. The molecular formula is C22H19N3O5. The van der Waals surface area contributed by atoms with E-state index in [0.29, 0.717) is 28.2 Å². The normalized spacial score (nSPS) is 12.0. The van der Waals surface area contributed by atoms with Crippen molar-refractivity contribution in [2.24, 2.45) is 0 Å². The molecule has 1 unspecified atom stereocenters. The van der Waals surface area contributed by atoms with E-state index in [1.54, 1.807) is 48.5 Å². The summed E-state index contributed by atoms with van der Waals surface area (Å²) in [5.41, 5.74) is 1.32. The third kappa shape index (κ3) is 4.91. The van der Waals surface area contributed by atoms with Crippen LogP contribution in [0.15, 0.2) is 67.2 Å². The molecule has 0 radical (unpaired) electrons. The fourth-order valence-electron chi connectivity index (χ4n) is 2.61. The van der Waals surface area contributed by atoms with Crippen molar-refractivity contribution in [2.75, 3.05) is 14.2 Å². The number of para-hydroxylation sites is 2. The van der Waals surface area contributed by atoms with Crippen LogP contribution in [0.5, 0.6) is 23.3 Å². The summed E-state index contributed by atoms with van der Waals surface area (Å²) in [7, 11) is 2.85. The molecule has 0 bridgehead atoms. The van der Waals surface area contributed by atoms with Gasteiger partial charge in [0, 0.05) is 12.7 Å². The van der Waals surface area contributed by atoms with Gasteiger partial charge < -0.3 is 24.1 Å². The fourth-order valence-corrected chi connectivity index (χ4v) is 2.61. The Morgan fingerprint density at radius 2 is 1.63 bits per heavy atom. The second-order valence-electron chi connectivity index (χ2n) is 5.90. The maximum Gasteiger partial charge on any atom is 0.226 e. The molecule has 1 atom stereocenters. The summed E-state index contributed by atoms with van der Waals surface area (Å²) in [6.45, 7) is 0. The number of nitriles is 1. The van der Waals surface area contributed by atoms with Gasteiger partial charge in [-0.2, -0.15) is 5.26 Å². The summed E-state index contributed by atoms with van der Waals surface area (Å²) in [5, 5.41) is 19.4. The molecule has 3 rings (SSSR count). The molecule has 1 aromatic heterocycles. The van der Waals surface area contributed by atoms with Crippen LogP contribution in [0.3, 0.4) is 0 Å². The molecule has 0 saturated heterocycles. The van der Waals surface area contributed by atoms with Crippen molar-refractivity contribution >= 4 is 5.57 Å². The van der Waals surface area contributed by atoms with Gasteiger partial charge >= 0.3 is 0 Å². The van der Waals surface area contributed by atoms with E-state index in [1.807, 2.05) is 0 Å². The molecule has 0 aliphatic carbocycles. The van der Waals surface area contributed by atoms with E-state index in [4.69, 9.17) is 18.9 Å². The molecule has 1 N–H and O–H groups in total. The molecule has 8 nitrogen and oxygen atoms in total. The van der Waals surface area contributed by atoms with Crippen LogP contribution in [0, 0.1) is 11.3 Å². The minimum atomic E-state index is -1.21. The van der Waals surface area contributed by atoms with Crippen molar-refractivity contribution < 1.29 is 24.1 Å². The Hall–Kier alpha value is -3.93. The Bertz CT molecular complexity index is 1080. The monoisotopic (exact) mass is 405 g/mol. The zero-order valence-corrected chi connectivity index (χ0v) is 16.4. The first-order valence-electron chi connectivity index (χ1n) is 8.86. The lowest BCUT2D eigenvalue weighted by Gasteiger charge is -2.17. The van der Waals surface area contributed by atoms with Crippen LogP contribution in [-0.2, 0) is 9.47 Å². The van der Waals surface area contributed by atoms with E-state index < -0.39 is 6.29 Å². The SMILES string of the molecule is COC=C(c1ccccc1Oc1cc(Oc2ccccc2C#N)ncn1)C(O)OC. The first-order chi connectivity index (χ1) is 14.7. The van der Waals surface area contributed by atoms with Crippen LogP contribution >= 0.6 is 0 Å². The van der Waals surface area contributed by atoms with Crippen molar-refractivity contribution in [1.29, 1.82) is 5.26 Å². The predicted molar refractivity (Wildman–Crippen MR) is 108 cm³/mol. The lowest BCUT2D eigenvalue weighted by molar-refractivity contribution is -0.0286. The summed E-state index contributed by atoms with van der Waals surface area (Å²) in [5.74, 6) is 1.22. The average molecular weight is 405 g/mol. The first kappa shape index (κ1) is 20.8. The van der Waals surface area contributed by atoms with E-state index >= 15 is 0 Å². The summed E-state index contributed by atoms with van der Waals surface area (Å²) in [4.78, 5) is 8.17. The summed E-state index contributed by atoms with van der Waals surface area (Å²) < 4.78 is 21.7. The molecule has 2 aromatic carbocycles.